The molecule has 2 amide bonds. The van der Waals surface area contributed by atoms with Gasteiger partial charge < -0.3 is 15.1 Å². The molecule has 0 aromatic heterocycles. The van der Waals surface area contributed by atoms with Gasteiger partial charge in [-0.3, -0.25) is 9.59 Å². The lowest BCUT2D eigenvalue weighted by molar-refractivity contribution is -0.129. The normalized spacial score (nSPS) is 14.3. The molecule has 0 spiro atoms. The molecule has 1 aliphatic heterocycles. The van der Waals surface area contributed by atoms with Crippen molar-refractivity contribution in [1.29, 1.82) is 5.26 Å². The van der Waals surface area contributed by atoms with Crippen LogP contribution in [-0.2, 0) is 9.59 Å². The lowest BCUT2D eigenvalue weighted by Gasteiger charge is -2.36. The van der Waals surface area contributed by atoms with Crippen LogP contribution in [0.3, 0.4) is 0 Å². The first-order valence-corrected chi connectivity index (χ1v) is 7.88. The van der Waals surface area contributed by atoms with Crippen molar-refractivity contribution in [3.63, 3.8) is 0 Å². The fraction of sp³-hybridized carbons (Fsp3) is 0.400. The van der Waals surface area contributed by atoms with E-state index in [1.807, 2.05) is 4.90 Å². The van der Waals surface area contributed by atoms with Crippen LogP contribution in [0.4, 0.5) is 15.8 Å². The van der Waals surface area contributed by atoms with Crippen molar-refractivity contribution >= 4 is 39.1 Å². The average molecular weight is 383 g/mol. The van der Waals surface area contributed by atoms with Gasteiger partial charge in [0.25, 0.3) is 0 Å². The number of hydrogen-bond donors (Lipinski definition) is 1. The van der Waals surface area contributed by atoms with Gasteiger partial charge >= 0.3 is 0 Å². The zero-order chi connectivity index (χ0) is 17.0. The second kappa shape index (κ2) is 7.42. The summed E-state index contributed by atoms with van der Waals surface area (Å²) in [6, 6.07) is 4.56. The third kappa shape index (κ3) is 4.20. The molecule has 1 saturated heterocycles. The van der Waals surface area contributed by atoms with Gasteiger partial charge in [0.15, 0.2) is 0 Å². The van der Waals surface area contributed by atoms with Crippen molar-refractivity contribution in [3.8, 4) is 6.07 Å². The molecule has 0 bridgehead atoms. The summed E-state index contributed by atoms with van der Waals surface area (Å²) in [5.74, 6) is -0.936. The molecular formula is C15H16BrFN4O2. The van der Waals surface area contributed by atoms with Crippen molar-refractivity contribution in [2.24, 2.45) is 0 Å². The van der Waals surface area contributed by atoms with Crippen LogP contribution in [0.5, 0.6) is 0 Å². The van der Waals surface area contributed by atoms with Crippen LogP contribution < -0.4 is 10.2 Å². The summed E-state index contributed by atoms with van der Waals surface area (Å²) in [6.07, 6.45) is -0.289. The fourth-order valence-electron chi connectivity index (χ4n) is 2.40. The van der Waals surface area contributed by atoms with E-state index in [0.717, 1.165) is 0 Å². The predicted molar refractivity (Wildman–Crippen MR) is 87.4 cm³/mol. The van der Waals surface area contributed by atoms with Gasteiger partial charge in [-0.2, -0.15) is 5.26 Å². The highest BCUT2D eigenvalue weighted by molar-refractivity contribution is 9.10. The minimum atomic E-state index is -0.490. The van der Waals surface area contributed by atoms with Gasteiger partial charge in [0.1, 0.15) is 12.2 Å². The molecule has 1 aromatic carbocycles. The van der Waals surface area contributed by atoms with E-state index in [4.69, 9.17) is 5.26 Å². The first-order chi connectivity index (χ1) is 10.9. The summed E-state index contributed by atoms with van der Waals surface area (Å²) >= 11 is 3.31. The van der Waals surface area contributed by atoms with E-state index >= 15 is 0 Å². The molecule has 23 heavy (non-hydrogen) atoms. The SMILES string of the molecule is CC(=O)N1CCN(c2cc(Br)c(NC(=O)CC#N)cc2F)CC1. The van der Waals surface area contributed by atoms with E-state index in [1.165, 1.54) is 13.0 Å². The number of nitrogens with zero attached hydrogens (tertiary/aromatic N) is 3. The summed E-state index contributed by atoms with van der Waals surface area (Å²) < 4.78 is 14.9. The Kier molecular flexibility index (Phi) is 5.55. The highest BCUT2D eigenvalue weighted by Gasteiger charge is 2.22. The first kappa shape index (κ1) is 17.2. The monoisotopic (exact) mass is 382 g/mol. The Morgan fingerprint density at radius 2 is 2.00 bits per heavy atom. The average Bonchev–Trinajstić information content (AvgIpc) is 2.51. The van der Waals surface area contributed by atoms with Gasteiger partial charge in [0.05, 0.1) is 17.4 Å². The number of carbonyl (C=O) groups is 2. The second-order valence-electron chi connectivity index (χ2n) is 5.16. The third-order valence-corrected chi connectivity index (χ3v) is 4.27. The van der Waals surface area contributed by atoms with E-state index < -0.39 is 11.7 Å². The minimum Gasteiger partial charge on any atom is -0.366 e. The van der Waals surface area contributed by atoms with E-state index in [1.54, 1.807) is 17.0 Å². The maximum absolute atomic E-state index is 14.3. The number of hydrogen-bond acceptors (Lipinski definition) is 4. The molecule has 2 rings (SSSR count). The Hall–Kier alpha value is -2.14. The molecule has 1 fully saturated rings. The van der Waals surface area contributed by atoms with Crippen molar-refractivity contribution < 1.29 is 14.0 Å². The second-order valence-corrected chi connectivity index (χ2v) is 6.01. The molecule has 1 aromatic rings. The summed E-state index contributed by atoms with van der Waals surface area (Å²) in [5, 5.41) is 11.0. The fourth-order valence-corrected chi connectivity index (χ4v) is 2.83. The minimum absolute atomic E-state index is 0.0156. The molecule has 0 unspecified atom stereocenters. The predicted octanol–water partition coefficient (Wildman–Crippen LogP) is 2.11. The first-order valence-electron chi connectivity index (χ1n) is 7.08. The van der Waals surface area contributed by atoms with Crippen molar-refractivity contribution in [2.45, 2.75) is 13.3 Å². The van der Waals surface area contributed by atoms with Gasteiger partial charge in [-0.05, 0) is 22.0 Å². The zero-order valence-corrected chi connectivity index (χ0v) is 14.2. The van der Waals surface area contributed by atoms with Crippen molar-refractivity contribution in [1.82, 2.24) is 4.90 Å². The Morgan fingerprint density at radius 3 is 2.57 bits per heavy atom. The van der Waals surface area contributed by atoms with Crippen LogP contribution >= 0.6 is 15.9 Å². The van der Waals surface area contributed by atoms with E-state index in [9.17, 15) is 14.0 Å². The summed E-state index contributed by atoms with van der Waals surface area (Å²) in [7, 11) is 0. The zero-order valence-electron chi connectivity index (χ0n) is 12.6. The Labute approximate surface area is 142 Å². The van der Waals surface area contributed by atoms with E-state index in [0.29, 0.717) is 36.3 Å². The third-order valence-electron chi connectivity index (χ3n) is 3.62. The number of benzene rings is 1. The van der Waals surface area contributed by atoms with E-state index in [-0.39, 0.29) is 18.0 Å². The van der Waals surface area contributed by atoms with Gasteiger partial charge in [-0.15, -0.1) is 0 Å². The largest absolute Gasteiger partial charge is 0.366 e. The lowest BCUT2D eigenvalue weighted by Crippen LogP contribution is -2.48. The van der Waals surface area contributed by atoms with Crippen LogP contribution in [0.1, 0.15) is 13.3 Å². The van der Waals surface area contributed by atoms with Gasteiger partial charge in [-0.1, -0.05) is 0 Å². The number of amides is 2. The van der Waals surface area contributed by atoms with Gasteiger partial charge in [0.2, 0.25) is 11.8 Å². The number of nitrogens with one attached hydrogen (secondary N) is 1. The van der Waals surface area contributed by atoms with Gasteiger partial charge in [0, 0.05) is 43.6 Å². The van der Waals surface area contributed by atoms with Gasteiger partial charge in [-0.25, -0.2) is 4.39 Å². The van der Waals surface area contributed by atoms with Crippen molar-refractivity contribution in [2.75, 3.05) is 36.4 Å². The van der Waals surface area contributed by atoms with Crippen LogP contribution in [0.25, 0.3) is 0 Å². The molecule has 0 radical (unpaired) electrons. The number of halogens is 2. The standard InChI is InChI=1S/C15H16BrFN4O2/c1-10(22)20-4-6-21(7-5-20)14-8-11(16)13(9-12(14)17)19-15(23)2-3-18/h8-9H,2,4-7H2,1H3,(H,19,23). The number of piperazine rings is 1. The highest BCUT2D eigenvalue weighted by atomic mass is 79.9. The Morgan fingerprint density at radius 1 is 1.35 bits per heavy atom. The quantitative estimate of drug-likeness (QED) is 0.868. The molecule has 1 N–H and O–H groups in total. The number of anilines is 2. The smallest absolute Gasteiger partial charge is 0.238 e. The summed E-state index contributed by atoms with van der Waals surface area (Å²) in [6.45, 7) is 3.71. The maximum atomic E-state index is 14.3. The molecule has 1 aliphatic rings. The van der Waals surface area contributed by atoms with Crippen molar-refractivity contribution in [3.05, 3.63) is 22.4 Å². The summed E-state index contributed by atoms with van der Waals surface area (Å²) in [4.78, 5) is 26.3. The highest BCUT2D eigenvalue weighted by Crippen LogP contribution is 2.31. The molecule has 1 heterocycles. The number of nitriles is 1. The number of rotatable bonds is 3. The van der Waals surface area contributed by atoms with Crippen LogP contribution in [-0.4, -0.2) is 42.9 Å². The molecular weight excluding hydrogens is 367 g/mol. The molecule has 8 heteroatoms. The van der Waals surface area contributed by atoms with Crippen LogP contribution in [0, 0.1) is 17.1 Å². The molecule has 0 aliphatic carbocycles. The molecule has 0 saturated carbocycles. The Balaban J connectivity index is 2.13. The van der Waals surface area contributed by atoms with Crippen LogP contribution in [0.2, 0.25) is 0 Å². The lowest BCUT2D eigenvalue weighted by atomic mass is 10.2. The van der Waals surface area contributed by atoms with Crippen LogP contribution in [0.15, 0.2) is 16.6 Å². The van der Waals surface area contributed by atoms with E-state index in [2.05, 4.69) is 21.2 Å². The number of carbonyl (C=O) groups excluding carboxylic acids is 2. The Bertz CT molecular complexity index is 666. The maximum Gasteiger partial charge on any atom is 0.238 e. The summed E-state index contributed by atoms with van der Waals surface area (Å²) in [5.41, 5.74) is 0.701. The molecule has 122 valence electrons. The topological polar surface area (TPSA) is 76.4 Å². The molecule has 0 atom stereocenters. The molecule has 6 nitrogen and oxygen atoms in total.